The van der Waals surface area contributed by atoms with Gasteiger partial charge in [0.15, 0.2) is 0 Å². The predicted molar refractivity (Wildman–Crippen MR) is 4.30 cm³/mol. The molecule has 22 valence electrons. The minimum absolute atomic E-state index is 0. The zero-order valence-electron chi connectivity index (χ0n) is 1.91. The zero-order valence-corrected chi connectivity index (χ0v) is 6.82. The van der Waals surface area contributed by atoms with E-state index in [9.17, 15) is 0 Å². The fourth-order valence-corrected chi connectivity index (χ4v) is 0. The largest absolute Gasteiger partial charge is 0 e. The van der Waals surface area contributed by atoms with E-state index in [4.69, 9.17) is 2.81 Å². The Balaban J connectivity index is -0.00000000500. The summed E-state index contributed by atoms with van der Waals surface area (Å²) in [6, 6.07) is 0. The van der Waals surface area contributed by atoms with Crippen molar-refractivity contribution in [2.24, 2.45) is 0 Å². The van der Waals surface area contributed by atoms with E-state index in [0.29, 0.717) is 24.7 Å². The molecule has 0 aliphatic heterocycles. The first-order chi connectivity index (χ1) is 1.00. The van der Waals surface area contributed by atoms with Gasteiger partial charge in [0.1, 0.15) is 0 Å². The van der Waals surface area contributed by atoms with Gasteiger partial charge in [0.05, 0.1) is 0 Å². The Morgan fingerprint density at radius 1 is 1.25 bits per heavy atom. The monoisotopic (exact) mass is 214 g/mol. The molecular weight excluding hydrogens is 214 g/mol. The van der Waals surface area contributed by atoms with Crippen molar-refractivity contribution in [1.29, 1.82) is 0 Å². The molecule has 0 aromatic rings. The maximum Gasteiger partial charge on any atom is 0 e. The molecule has 4 heavy (non-hydrogen) atoms. The van der Waals surface area contributed by atoms with E-state index in [1.54, 1.807) is 0 Å². The Labute approximate surface area is 58.7 Å². The Morgan fingerprint density at radius 3 is 1.25 bits per heavy atom. The van der Waals surface area contributed by atoms with E-state index >= 15 is 0 Å². The molecule has 0 radical (unpaired) electrons. The van der Waals surface area contributed by atoms with Gasteiger partial charge in [0.25, 0.3) is 0 Å². The van der Waals surface area contributed by atoms with Gasteiger partial charge in [-0.15, -0.1) is 0 Å². The third kappa shape index (κ3) is 9.66. The summed E-state index contributed by atoms with van der Waals surface area (Å²) in [6.07, 6.45) is 0. The maximum atomic E-state index is 8.34. The Hall–Kier alpha value is 1.53. The van der Waals surface area contributed by atoms with Gasteiger partial charge in [-0.05, 0) is 0 Å². The molecule has 0 bridgehead atoms. The van der Waals surface area contributed by atoms with Gasteiger partial charge in [0, 0.05) is 26.2 Å². The SMILES string of the molecule is O.[O]=[Zr].[Zr]. The molecule has 0 atom stereocenters. The van der Waals surface area contributed by atoms with E-state index in [-0.39, 0.29) is 31.7 Å². The van der Waals surface area contributed by atoms with Gasteiger partial charge in [-0.25, -0.2) is 0 Å². The zero-order chi connectivity index (χ0) is 2.00. The maximum absolute atomic E-state index is 8.34. The second-order valence-electron chi connectivity index (χ2n) is 0. The van der Waals surface area contributed by atoms with Gasteiger partial charge in [-0.1, -0.05) is 0 Å². The van der Waals surface area contributed by atoms with Crippen LogP contribution in [0.4, 0.5) is 0 Å². The van der Waals surface area contributed by atoms with E-state index in [0.717, 1.165) is 0 Å². The van der Waals surface area contributed by atoms with E-state index in [1.165, 1.54) is 0 Å². The van der Waals surface area contributed by atoms with Gasteiger partial charge < -0.3 is 5.48 Å². The average molecular weight is 216 g/mol. The quantitative estimate of drug-likeness (QED) is 0.515. The molecule has 0 unspecified atom stereocenters. The summed E-state index contributed by atoms with van der Waals surface area (Å²) < 4.78 is 8.34. The minimum atomic E-state index is 0. The van der Waals surface area contributed by atoms with Crippen molar-refractivity contribution in [2.45, 2.75) is 0 Å². The van der Waals surface area contributed by atoms with Crippen LogP contribution in [0.5, 0.6) is 0 Å². The van der Waals surface area contributed by atoms with Crippen LogP contribution < -0.4 is 0 Å². The summed E-state index contributed by atoms with van der Waals surface area (Å²) in [4.78, 5) is 0. The molecule has 0 aliphatic rings. The summed E-state index contributed by atoms with van der Waals surface area (Å²) in [5.74, 6) is 0. The van der Waals surface area contributed by atoms with Crippen LogP contribution in [0.25, 0.3) is 0 Å². The molecule has 0 saturated heterocycles. The molecule has 0 aromatic carbocycles. The second-order valence-corrected chi connectivity index (χ2v) is 0. The van der Waals surface area contributed by atoms with Crippen LogP contribution in [0.1, 0.15) is 0 Å². The van der Waals surface area contributed by atoms with Crippen LogP contribution in [0.15, 0.2) is 0 Å². The first-order valence-corrected chi connectivity index (χ1v) is 1.21. The topological polar surface area (TPSA) is 48.6 Å². The van der Waals surface area contributed by atoms with Gasteiger partial charge >= 0.3 is 27.5 Å². The molecule has 0 aliphatic carbocycles. The Kier molecular flexibility index (Phi) is 107. The summed E-state index contributed by atoms with van der Waals surface area (Å²) in [5, 5.41) is 0. The first kappa shape index (κ1) is 17.7. The normalized spacial score (nSPS) is 0.750. The fourth-order valence-electron chi connectivity index (χ4n) is 0. The number of hydrogen-bond acceptors (Lipinski definition) is 1. The van der Waals surface area contributed by atoms with Crippen molar-refractivity contribution >= 4 is 0 Å². The smallest absolute Gasteiger partial charge is 0 e. The van der Waals surface area contributed by atoms with E-state index < -0.39 is 0 Å². The average Bonchev–Trinajstić information content (AvgIpc) is 1.00. The van der Waals surface area contributed by atoms with Gasteiger partial charge in [-0.2, -0.15) is 0 Å². The molecule has 4 heteroatoms. The molecule has 0 spiro atoms. The standard InChI is InChI=1S/H2O.O.2Zr/h1H2;;;. The summed E-state index contributed by atoms with van der Waals surface area (Å²) in [7, 11) is 0. The second kappa shape index (κ2) is 24.2. The number of rotatable bonds is 0. The van der Waals surface area contributed by atoms with Crippen molar-refractivity contribution in [3.8, 4) is 0 Å². The molecule has 0 heterocycles. The van der Waals surface area contributed by atoms with Crippen LogP contribution >= 0.6 is 0 Å². The van der Waals surface area contributed by atoms with Crippen LogP contribution in [-0.2, 0) is 53.7 Å². The molecule has 0 rings (SSSR count). The molecular formula is H2O2Zr2. The third-order valence-electron chi connectivity index (χ3n) is 0. The molecule has 0 aromatic heterocycles. The van der Waals surface area contributed by atoms with Crippen molar-refractivity contribution in [1.82, 2.24) is 0 Å². The molecule has 0 fully saturated rings. The Morgan fingerprint density at radius 2 is 1.25 bits per heavy atom. The van der Waals surface area contributed by atoms with Crippen molar-refractivity contribution in [3.05, 3.63) is 0 Å². The van der Waals surface area contributed by atoms with Crippen LogP contribution in [0.3, 0.4) is 0 Å². The van der Waals surface area contributed by atoms with Crippen molar-refractivity contribution < 1.29 is 59.2 Å². The first-order valence-electron chi connectivity index (χ1n) is 0.204. The van der Waals surface area contributed by atoms with Crippen molar-refractivity contribution in [3.63, 3.8) is 0 Å². The van der Waals surface area contributed by atoms with Crippen molar-refractivity contribution in [2.75, 3.05) is 0 Å². The fraction of sp³-hybridized carbons (Fsp3) is 0. The molecule has 2 nitrogen and oxygen atoms in total. The molecule has 0 saturated carbocycles. The van der Waals surface area contributed by atoms with Gasteiger partial charge in [0.2, 0.25) is 0 Å². The molecule has 2 N–H and O–H groups in total. The predicted octanol–water partition coefficient (Wildman–Crippen LogP) is -0.949. The summed E-state index contributed by atoms with van der Waals surface area (Å²) in [5.41, 5.74) is 0. The third-order valence-corrected chi connectivity index (χ3v) is 0. The number of hydrogen-bond donors (Lipinski definition) is 0. The van der Waals surface area contributed by atoms with Gasteiger partial charge in [-0.3, -0.25) is 0 Å². The van der Waals surface area contributed by atoms with E-state index in [1.807, 2.05) is 0 Å². The van der Waals surface area contributed by atoms with E-state index in [2.05, 4.69) is 0 Å². The minimum Gasteiger partial charge on any atom is 0 e. The van der Waals surface area contributed by atoms with Crippen LogP contribution in [0.2, 0.25) is 0 Å². The summed E-state index contributed by atoms with van der Waals surface area (Å²) in [6.45, 7) is 0. The van der Waals surface area contributed by atoms with Crippen LogP contribution in [-0.4, -0.2) is 5.48 Å². The van der Waals surface area contributed by atoms with Crippen LogP contribution in [0, 0.1) is 0 Å². The Bertz CT molecular complexity index is 4.00. The summed E-state index contributed by atoms with van der Waals surface area (Å²) >= 11 is 0.300. The molecule has 0 amide bonds.